The van der Waals surface area contributed by atoms with Gasteiger partial charge in [-0.05, 0) is 36.8 Å². The SMILES string of the molecule is CC1CC(C)C(C)N(Cc2ncccc2CN)C1. The maximum atomic E-state index is 5.79. The zero-order valence-electron chi connectivity index (χ0n) is 11.8. The number of hydrogen-bond donors (Lipinski definition) is 1. The quantitative estimate of drug-likeness (QED) is 0.892. The van der Waals surface area contributed by atoms with Gasteiger partial charge in [-0.15, -0.1) is 0 Å². The van der Waals surface area contributed by atoms with E-state index in [9.17, 15) is 0 Å². The lowest BCUT2D eigenvalue weighted by Gasteiger charge is -2.41. The second-order valence-corrected chi connectivity index (χ2v) is 5.80. The molecule has 1 aromatic heterocycles. The molecule has 3 heteroatoms. The normalized spacial score (nSPS) is 29.4. The summed E-state index contributed by atoms with van der Waals surface area (Å²) in [6.45, 7) is 9.72. The first-order chi connectivity index (χ1) is 8.61. The van der Waals surface area contributed by atoms with Crippen LogP contribution in [0.1, 0.15) is 38.4 Å². The molecule has 0 radical (unpaired) electrons. The van der Waals surface area contributed by atoms with Crippen LogP contribution in [0.3, 0.4) is 0 Å². The third-order valence-electron chi connectivity index (χ3n) is 4.28. The summed E-state index contributed by atoms with van der Waals surface area (Å²) in [5.74, 6) is 1.54. The smallest absolute Gasteiger partial charge is 0.0588 e. The Morgan fingerprint density at radius 3 is 2.89 bits per heavy atom. The molecule has 2 rings (SSSR count). The average Bonchev–Trinajstić information content (AvgIpc) is 2.36. The largest absolute Gasteiger partial charge is 0.326 e. The maximum absolute atomic E-state index is 5.79. The molecule has 1 saturated heterocycles. The van der Waals surface area contributed by atoms with E-state index in [2.05, 4.69) is 36.7 Å². The van der Waals surface area contributed by atoms with Crippen LogP contribution >= 0.6 is 0 Å². The van der Waals surface area contributed by atoms with E-state index in [1.54, 1.807) is 0 Å². The molecule has 18 heavy (non-hydrogen) atoms. The van der Waals surface area contributed by atoms with E-state index < -0.39 is 0 Å². The lowest BCUT2D eigenvalue weighted by atomic mass is 9.86. The van der Waals surface area contributed by atoms with Crippen LogP contribution in [0.4, 0.5) is 0 Å². The van der Waals surface area contributed by atoms with Gasteiger partial charge < -0.3 is 5.73 Å². The fourth-order valence-electron chi connectivity index (χ4n) is 3.03. The van der Waals surface area contributed by atoms with Crippen molar-refractivity contribution in [2.75, 3.05) is 6.54 Å². The first kappa shape index (κ1) is 13.5. The van der Waals surface area contributed by atoms with Gasteiger partial charge >= 0.3 is 0 Å². The van der Waals surface area contributed by atoms with E-state index in [0.29, 0.717) is 12.6 Å². The zero-order valence-corrected chi connectivity index (χ0v) is 11.8. The summed E-state index contributed by atoms with van der Waals surface area (Å²) in [6, 6.07) is 4.69. The second-order valence-electron chi connectivity index (χ2n) is 5.80. The Kier molecular flexibility index (Phi) is 4.36. The summed E-state index contributed by atoms with van der Waals surface area (Å²) in [5, 5.41) is 0. The van der Waals surface area contributed by atoms with Crippen LogP contribution < -0.4 is 5.73 Å². The minimum absolute atomic E-state index is 0.580. The Morgan fingerprint density at radius 1 is 1.39 bits per heavy atom. The zero-order chi connectivity index (χ0) is 13.1. The van der Waals surface area contributed by atoms with Gasteiger partial charge in [0.2, 0.25) is 0 Å². The summed E-state index contributed by atoms with van der Waals surface area (Å²) in [6.07, 6.45) is 3.21. The molecule has 1 fully saturated rings. The van der Waals surface area contributed by atoms with Crippen LogP contribution in [-0.2, 0) is 13.1 Å². The molecule has 0 spiro atoms. The highest BCUT2D eigenvalue weighted by atomic mass is 15.2. The van der Waals surface area contributed by atoms with Crippen LogP contribution in [0, 0.1) is 11.8 Å². The summed E-state index contributed by atoms with van der Waals surface area (Å²) >= 11 is 0. The molecular formula is C15H25N3. The van der Waals surface area contributed by atoms with E-state index in [1.807, 2.05) is 12.3 Å². The van der Waals surface area contributed by atoms with E-state index in [4.69, 9.17) is 5.73 Å². The summed E-state index contributed by atoms with van der Waals surface area (Å²) in [5.41, 5.74) is 8.11. The second kappa shape index (κ2) is 5.81. The lowest BCUT2D eigenvalue weighted by Crippen LogP contribution is -2.45. The molecule has 0 amide bonds. The molecule has 100 valence electrons. The van der Waals surface area contributed by atoms with E-state index in [0.717, 1.165) is 24.1 Å². The predicted molar refractivity (Wildman–Crippen MR) is 74.9 cm³/mol. The minimum Gasteiger partial charge on any atom is -0.326 e. The number of nitrogens with zero attached hydrogens (tertiary/aromatic N) is 2. The molecule has 0 aromatic carbocycles. The number of likely N-dealkylation sites (tertiary alicyclic amines) is 1. The third kappa shape index (κ3) is 2.90. The monoisotopic (exact) mass is 247 g/mol. The molecule has 1 aliphatic heterocycles. The van der Waals surface area contributed by atoms with Crippen molar-refractivity contribution in [1.82, 2.24) is 9.88 Å². The third-order valence-corrected chi connectivity index (χ3v) is 4.28. The van der Waals surface area contributed by atoms with Crippen LogP contribution in [-0.4, -0.2) is 22.5 Å². The van der Waals surface area contributed by atoms with Gasteiger partial charge in [-0.25, -0.2) is 0 Å². The molecule has 0 saturated carbocycles. The van der Waals surface area contributed by atoms with Crippen LogP contribution in [0.15, 0.2) is 18.3 Å². The Morgan fingerprint density at radius 2 is 2.17 bits per heavy atom. The molecule has 3 unspecified atom stereocenters. The van der Waals surface area contributed by atoms with Crippen molar-refractivity contribution in [3.8, 4) is 0 Å². The summed E-state index contributed by atoms with van der Waals surface area (Å²) in [4.78, 5) is 7.06. The fourth-order valence-corrected chi connectivity index (χ4v) is 3.03. The van der Waals surface area contributed by atoms with Crippen LogP contribution in [0.5, 0.6) is 0 Å². The number of piperidine rings is 1. The van der Waals surface area contributed by atoms with Crippen LogP contribution in [0.25, 0.3) is 0 Å². The van der Waals surface area contributed by atoms with Crippen molar-refractivity contribution < 1.29 is 0 Å². The molecular weight excluding hydrogens is 222 g/mol. The molecule has 2 N–H and O–H groups in total. The molecule has 3 nitrogen and oxygen atoms in total. The van der Waals surface area contributed by atoms with Gasteiger partial charge in [0.15, 0.2) is 0 Å². The van der Waals surface area contributed by atoms with Crippen molar-refractivity contribution in [3.05, 3.63) is 29.6 Å². The van der Waals surface area contributed by atoms with Crippen molar-refractivity contribution >= 4 is 0 Å². The number of nitrogens with two attached hydrogens (primary N) is 1. The molecule has 1 aromatic rings. The molecule has 3 atom stereocenters. The van der Waals surface area contributed by atoms with Crippen molar-refractivity contribution in [1.29, 1.82) is 0 Å². The summed E-state index contributed by atoms with van der Waals surface area (Å²) in [7, 11) is 0. The van der Waals surface area contributed by atoms with Crippen LogP contribution in [0.2, 0.25) is 0 Å². The van der Waals surface area contributed by atoms with Gasteiger partial charge in [-0.3, -0.25) is 9.88 Å². The fraction of sp³-hybridized carbons (Fsp3) is 0.667. The molecule has 1 aliphatic rings. The van der Waals surface area contributed by atoms with Gasteiger partial charge in [0.25, 0.3) is 0 Å². The van der Waals surface area contributed by atoms with Crippen molar-refractivity contribution in [2.45, 2.75) is 46.3 Å². The number of aromatic nitrogens is 1. The van der Waals surface area contributed by atoms with Gasteiger partial charge in [0.05, 0.1) is 5.69 Å². The van der Waals surface area contributed by atoms with E-state index in [-0.39, 0.29) is 0 Å². The minimum atomic E-state index is 0.580. The first-order valence-electron chi connectivity index (χ1n) is 6.98. The van der Waals surface area contributed by atoms with Gasteiger partial charge in [-0.1, -0.05) is 19.9 Å². The van der Waals surface area contributed by atoms with Crippen molar-refractivity contribution in [2.24, 2.45) is 17.6 Å². The highest BCUT2D eigenvalue weighted by Gasteiger charge is 2.29. The lowest BCUT2D eigenvalue weighted by molar-refractivity contribution is 0.0716. The molecule has 2 heterocycles. The Labute approximate surface area is 110 Å². The summed E-state index contributed by atoms with van der Waals surface area (Å²) < 4.78 is 0. The van der Waals surface area contributed by atoms with Gasteiger partial charge in [-0.2, -0.15) is 0 Å². The first-order valence-corrected chi connectivity index (χ1v) is 6.98. The number of hydrogen-bond acceptors (Lipinski definition) is 3. The van der Waals surface area contributed by atoms with E-state index in [1.165, 1.54) is 18.5 Å². The number of pyridine rings is 1. The topological polar surface area (TPSA) is 42.2 Å². The van der Waals surface area contributed by atoms with Crippen molar-refractivity contribution in [3.63, 3.8) is 0 Å². The highest BCUT2D eigenvalue weighted by Crippen LogP contribution is 2.28. The Hall–Kier alpha value is -0.930. The Balaban J connectivity index is 2.12. The van der Waals surface area contributed by atoms with E-state index >= 15 is 0 Å². The van der Waals surface area contributed by atoms with Gasteiger partial charge in [0, 0.05) is 31.9 Å². The van der Waals surface area contributed by atoms with Gasteiger partial charge in [0.1, 0.15) is 0 Å². The predicted octanol–water partition coefficient (Wildman–Crippen LogP) is 2.41. The average molecular weight is 247 g/mol. The highest BCUT2D eigenvalue weighted by molar-refractivity contribution is 5.19. The standard InChI is InChI=1S/C15H25N3/c1-11-7-12(2)13(3)18(9-11)10-15-14(8-16)5-4-6-17-15/h4-6,11-13H,7-10,16H2,1-3H3. The molecule has 0 aliphatic carbocycles. The maximum Gasteiger partial charge on any atom is 0.0588 e. The number of rotatable bonds is 3. The molecule has 0 bridgehead atoms. The Bertz CT molecular complexity index is 391.